The summed E-state index contributed by atoms with van der Waals surface area (Å²) in [6.45, 7) is 16.5. The van der Waals surface area contributed by atoms with E-state index in [0.29, 0.717) is 5.57 Å². The van der Waals surface area contributed by atoms with Crippen LogP contribution in [-0.4, -0.2) is 0 Å². The fourth-order valence-corrected chi connectivity index (χ4v) is 0. The SMILES string of the molecule is C=C(C)C.C=C(C)C#N.CC. The van der Waals surface area contributed by atoms with Gasteiger partial charge in [-0.25, -0.2) is 0 Å². The van der Waals surface area contributed by atoms with Crippen LogP contribution < -0.4 is 0 Å². The zero-order valence-corrected chi connectivity index (χ0v) is 8.36. The molecule has 0 N–H and O–H groups in total. The molecule has 0 aliphatic carbocycles. The highest BCUT2D eigenvalue weighted by atomic mass is 14.2. The van der Waals surface area contributed by atoms with Crippen molar-refractivity contribution in [1.29, 1.82) is 5.26 Å². The van der Waals surface area contributed by atoms with E-state index in [0.717, 1.165) is 0 Å². The second-order valence-electron chi connectivity index (χ2n) is 2.10. The molecule has 0 fully saturated rings. The number of hydrogen-bond acceptors (Lipinski definition) is 1. The van der Waals surface area contributed by atoms with Gasteiger partial charge in [0.1, 0.15) is 0 Å². The van der Waals surface area contributed by atoms with Gasteiger partial charge in [0.25, 0.3) is 0 Å². The molecule has 0 rings (SSSR count). The molecule has 0 radical (unpaired) electrons. The Bertz CT molecular complexity index is 133. The van der Waals surface area contributed by atoms with Crippen LogP contribution in [0.4, 0.5) is 0 Å². The number of rotatable bonds is 0. The second-order valence-corrected chi connectivity index (χ2v) is 2.10. The second kappa shape index (κ2) is 16.0. The lowest BCUT2D eigenvalue weighted by Gasteiger charge is -1.65. The van der Waals surface area contributed by atoms with E-state index in [1.165, 1.54) is 5.57 Å². The third-order valence-corrected chi connectivity index (χ3v) is 0.191. The van der Waals surface area contributed by atoms with Crippen LogP contribution in [0, 0.1) is 11.3 Å². The first-order valence-corrected chi connectivity index (χ1v) is 3.68. The first-order chi connectivity index (χ1) is 5.00. The van der Waals surface area contributed by atoms with E-state index in [1.807, 2.05) is 33.8 Å². The monoisotopic (exact) mass is 153 g/mol. The van der Waals surface area contributed by atoms with E-state index in [2.05, 4.69) is 13.2 Å². The fraction of sp³-hybridized carbons (Fsp3) is 0.500. The van der Waals surface area contributed by atoms with Gasteiger partial charge in [0.05, 0.1) is 6.07 Å². The minimum absolute atomic E-state index is 0.560. The average Bonchev–Trinajstić information content (AvgIpc) is 1.91. The molecule has 1 heteroatoms. The zero-order valence-electron chi connectivity index (χ0n) is 8.36. The highest BCUT2D eigenvalue weighted by Crippen LogP contribution is 1.74. The van der Waals surface area contributed by atoms with Crippen molar-refractivity contribution in [3.8, 4) is 6.07 Å². The smallest absolute Gasteiger partial charge is 0.0937 e. The van der Waals surface area contributed by atoms with Crippen molar-refractivity contribution in [3.05, 3.63) is 24.3 Å². The van der Waals surface area contributed by atoms with Gasteiger partial charge in [0, 0.05) is 5.57 Å². The minimum Gasteiger partial charge on any atom is -0.193 e. The lowest BCUT2D eigenvalue weighted by molar-refractivity contribution is 1.42. The molecule has 0 aliphatic rings. The van der Waals surface area contributed by atoms with Crippen LogP contribution in [0.1, 0.15) is 34.6 Å². The lowest BCUT2D eigenvalue weighted by atomic mass is 10.4. The quantitative estimate of drug-likeness (QED) is 0.384. The summed E-state index contributed by atoms with van der Waals surface area (Å²) in [4.78, 5) is 0. The summed E-state index contributed by atoms with van der Waals surface area (Å²) in [5.41, 5.74) is 1.73. The number of nitrogens with zero attached hydrogens (tertiary/aromatic N) is 1. The predicted molar refractivity (Wildman–Crippen MR) is 52.3 cm³/mol. The van der Waals surface area contributed by atoms with Gasteiger partial charge in [-0.15, -0.1) is 6.58 Å². The topological polar surface area (TPSA) is 23.8 Å². The molecular weight excluding hydrogens is 134 g/mol. The van der Waals surface area contributed by atoms with Crippen molar-refractivity contribution in [2.75, 3.05) is 0 Å². The highest BCUT2D eigenvalue weighted by Gasteiger charge is 1.64. The molecule has 0 aromatic heterocycles. The Morgan fingerprint density at radius 3 is 1.18 bits per heavy atom. The van der Waals surface area contributed by atoms with Crippen molar-refractivity contribution >= 4 is 0 Å². The molecule has 0 saturated carbocycles. The van der Waals surface area contributed by atoms with Crippen LogP contribution >= 0.6 is 0 Å². The predicted octanol–water partition coefficient (Wildman–Crippen LogP) is 3.69. The van der Waals surface area contributed by atoms with E-state index in [1.54, 1.807) is 6.92 Å². The largest absolute Gasteiger partial charge is 0.193 e. The van der Waals surface area contributed by atoms with Crippen molar-refractivity contribution in [2.45, 2.75) is 34.6 Å². The molecule has 0 spiro atoms. The van der Waals surface area contributed by atoms with Gasteiger partial charge in [-0.1, -0.05) is 26.0 Å². The van der Waals surface area contributed by atoms with E-state index >= 15 is 0 Å². The van der Waals surface area contributed by atoms with E-state index in [4.69, 9.17) is 5.26 Å². The molecule has 0 bridgehead atoms. The third-order valence-electron chi connectivity index (χ3n) is 0.191. The third kappa shape index (κ3) is 463. The minimum atomic E-state index is 0.560. The number of allylic oxidation sites excluding steroid dienone is 2. The lowest BCUT2D eigenvalue weighted by Crippen LogP contribution is -1.51. The van der Waals surface area contributed by atoms with Crippen LogP contribution in [0.2, 0.25) is 0 Å². The fourth-order valence-electron chi connectivity index (χ4n) is 0. The van der Waals surface area contributed by atoms with Gasteiger partial charge in [0.2, 0.25) is 0 Å². The summed E-state index contributed by atoms with van der Waals surface area (Å²) in [5.74, 6) is 0. The molecule has 64 valence electrons. The van der Waals surface area contributed by atoms with Crippen LogP contribution in [0.25, 0.3) is 0 Å². The molecule has 1 nitrogen and oxygen atoms in total. The van der Waals surface area contributed by atoms with Crippen LogP contribution in [-0.2, 0) is 0 Å². The Labute approximate surface area is 71.0 Å². The van der Waals surface area contributed by atoms with Gasteiger partial charge in [-0.05, 0) is 20.8 Å². The Balaban J connectivity index is -0.0000000965. The number of hydrogen-bond donors (Lipinski definition) is 0. The maximum atomic E-state index is 7.79. The Morgan fingerprint density at radius 1 is 1.09 bits per heavy atom. The van der Waals surface area contributed by atoms with Crippen LogP contribution in [0.15, 0.2) is 24.3 Å². The Kier molecular flexibility index (Phi) is 24.0. The Hall–Kier alpha value is -1.03. The van der Waals surface area contributed by atoms with E-state index < -0.39 is 0 Å². The van der Waals surface area contributed by atoms with E-state index in [9.17, 15) is 0 Å². The molecule has 0 aromatic rings. The molecular formula is C10H19N. The van der Waals surface area contributed by atoms with Gasteiger partial charge >= 0.3 is 0 Å². The first-order valence-electron chi connectivity index (χ1n) is 3.68. The van der Waals surface area contributed by atoms with E-state index in [-0.39, 0.29) is 0 Å². The van der Waals surface area contributed by atoms with Gasteiger partial charge in [0.15, 0.2) is 0 Å². The maximum Gasteiger partial charge on any atom is 0.0937 e. The Morgan fingerprint density at radius 2 is 1.18 bits per heavy atom. The van der Waals surface area contributed by atoms with Gasteiger partial charge in [-0.2, -0.15) is 5.26 Å². The van der Waals surface area contributed by atoms with Gasteiger partial charge < -0.3 is 0 Å². The summed E-state index contributed by atoms with van der Waals surface area (Å²) in [7, 11) is 0. The molecule has 0 atom stereocenters. The first kappa shape index (κ1) is 16.5. The molecule has 0 aliphatic heterocycles. The average molecular weight is 153 g/mol. The molecule has 0 unspecified atom stereocenters. The number of nitriles is 1. The van der Waals surface area contributed by atoms with Crippen molar-refractivity contribution in [1.82, 2.24) is 0 Å². The van der Waals surface area contributed by atoms with Crippen molar-refractivity contribution in [3.63, 3.8) is 0 Å². The van der Waals surface area contributed by atoms with Gasteiger partial charge in [-0.3, -0.25) is 0 Å². The van der Waals surface area contributed by atoms with Crippen molar-refractivity contribution < 1.29 is 0 Å². The molecule has 0 amide bonds. The molecule has 0 saturated heterocycles. The summed E-state index contributed by atoms with van der Waals surface area (Å²) in [6, 6.07) is 1.83. The summed E-state index contributed by atoms with van der Waals surface area (Å²) >= 11 is 0. The maximum absolute atomic E-state index is 7.79. The normalized spacial score (nSPS) is 5.45. The standard InChI is InChI=1S/C4H5N.C4H8.C2H6/c1-4(2)3-5;1-4(2)3;1-2/h1H2,2H3;1H2,2-3H3;1-2H3. The zero-order chi connectivity index (χ0) is 9.86. The molecule has 0 aromatic carbocycles. The van der Waals surface area contributed by atoms with Crippen LogP contribution in [0.5, 0.6) is 0 Å². The molecule has 0 heterocycles. The molecule has 11 heavy (non-hydrogen) atoms. The summed E-state index contributed by atoms with van der Waals surface area (Å²) in [5, 5.41) is 7.79. The summed E-state index contributed by atoms with van der Waals surface area (Å²) < 4.78 is 0. The highest BCUT2D eigenvalue weighted by molar-refractivity contribution is 5.11. The summed E-state index contributed by atoms with van der Waals surface area (Å²) in [6.07, 6.45) is 0. The van der Waals surface area contributed by atoms with Crippen LogP contribution in [0.3, 0.4) is 0 Å². The van der Waals surface area contributed by atoms with Crippen molar-refractivity contribution in [2.24, 2.45) is 0 Å².